The van der Waals surface area contributed by atoms with Crippen LogP contribution >= 0.6 is 11.8 Å². The molecule has 0 unspecified atom stereocenters. The first-order valence-corrected chi connectivity index (χ1v) is 16.2. The number of ketones is 2. The second-order valence-electron chi connectivity index (χ2n) is 11.8. The van der Waals surface area contributed by atoms with Crippen LogP contribution in [0.15, 0.2) is 71.1 Å². The molecule has 2 heterocycles. The van der Waals surface area contributed by atoms with Crippen molar-refractivity contribution in [2.75, 3.05) is 17.7 Å². The van der Waals surface area contributed by atoms with Crippen LogP contribution in [0, 0.1) is 24.2 Å². The lowest BCUT2D eigenvalue weighted by molar-refractivity contribution is 0.0868. The smallest absolute Gasteiger partial charge is 0.407 e. The maximum atomic E-state index is 14.1. The fraction of sp³-hybridized carbons (Fsp3) is 0.270. The van der Waals surface area contributed by atoms with Crippen molar-refractivity contribution < 1.29 is 34.1 Å². The standard InChI is InChI=1S/C37H30N2O7S/c1-3-22-8-7-11-29-37(21(2)40)36(46-37,15-14-22)27-19-28(41)30-31(32(27)39-29)33(42)25-13-12-23(18-26(25)34(30)43)20-38-35(44)45-16-17-47-24-9-5-4-6-10-24/h1,4-6,8-10,12-13,18-19,21,29,39-41H,14-17,20H2,2H3,(H,38,44)/b22-8-/t21-,29+,36-,37+/m1/s1. The molecule has 3 aromatic rings. The summed E-state index contributed by atoms with van der Waals surface area (Å²) in [6, 6.07) is 15.3. The number of thioether (sulfide) groups is 1. The summed E-state index contributed by atoms with van der Waals surface area (Å²) in [5, 5.41) is 28.2. The third kappa shape index (κ3) is 4.88. The number of ether oxygens (including phenoxy) is 2. The Hall–Kier alpha value is -5.00. The number of epoxide rings is 1. The molecule has 47 heavy (non-hydrogen) atoms. The van der Waals surface area contributed by atoms with Crippen molar-refractivity contribution in [3.05, 3.63) is 99.6 Å². The van der Waals surface area contributed by atoms with Gasteiger partial charge in [0.15, 0.2) is 17.2 Å². The molecule has 0 aromatic heterocycles. The molecule has 2 aliphatic heterocycles. The van der Waals surface area contributed by atoms with Gasteiger partial charge in [-0.2, -0.15) is 0 Å². The maximum absolute atomic E-state index is 14.1. The van der Waals surface area contributed by atoms with Crippen LogP contribution < -0.4 is 10.6 Å². The number of phenols is 1. The number of aliphatic hydroxyl groups is 1. The summed E-state index contributed by atoms with van der Waals surface area (Å²) >= 11 is 1.57. The molecular weight excluding hydrogens is 616 g/mol. The molecule has 0 spiro atoms. The van der Waals surface area contributed by atoms with Crippen molar-refractivity contribution in [1.29, 1.82) is 0 Å². The fourth-order valence-electron chi connectivity index (χ4n) is 6.96. The summed E-state index contributed by atoms with van der Waals surface area (Å²) in [7, 11) is 0. The maximum Gasteiger partial charge on any atom is 0.407 e. The molecule has 1 amide bonds. The van der Waals surface area contributed by atoms with Gasteiger partial charge in [0, 0.05) is 39.5 Å². The Bertz CT molecular complexity index is 1990. The molecule has 236 valence electrons. The monoisotopic (exact) mass is 646 g/mol. The summed E-state index contributed by atoms with van der Waals surface area (Å²) in [6.07, 6.45) is 6.59. The first kappa shape index (κ1) is 30.6. The zero-order chi connectivity index (χ0) is 32.9. The zero-order valence-electron chi connectivity index (χ0n) is 25.4. The number of carbonyl (C=O) groups excluding carboxylic acids is 3. The molecule has 9 nitrogen and oxygen atoms in total. The highest BCUT2D eigenvalue weighted by Gasteiger charge is 2.79. The number of anilines is 1. The van der Waals surface area contributed by atoms with Gasteiger partial charge in [0.05, 0.1) is 22.9 Å². The van der Waals surface area contributed by atoms with Gasteiger partial charge in [-0.3, -0.25) is 9.59 Å². The molecule has 0 saturated carbocycles. The number of terminal acetylenes is 1. The molecule has 4 aliphatic rings. The van der Waals surface area contributed by atoms with Gasteiger partial charge in [0.25, 0.3) is 0 Å². The summed E-state index contributed by atoms with van der Waals surface area (Å²) < 4.78 is 11.7. The Morgan fingerprint density at radius 1 is 1.19 bits per heavy atom. The molecule has 7 rings (SSSR count). The number of amides is 1. The van der Waals surface area contributed by atoms with Crippen LogP contribution in [0.4, 0.5) is 10.5 Å². The third-order valence-corrected chi connectivity index (χ3v) is 10.2. The number of aromatic hydroxyl groups is 1. The van der Waals surface area contributed by atoms with Crippen LogP contribution in [0.25, 0.3) is 0 Å². The van der Waals surface area contributed by atoms with Gasteiger partial charge >= 0.3 is 6.09 Å². The number of fused-ring (bicyclic) bond motifs is 4. The molecule has 2 bridgehead atoms. The van der Waals surface area contributed by atoms with Gasteiger partial charge in [-0.25, -0.2) is 4.79 Å². The van der Waals surface area contributed by atoms with Crippen molar-refractivity contribution in [3.8, 4) is 29.9 Å². The average molecular weight is 647 g/mol. The Balaban J connectivity index is 1.14. The predicted octanol–water partition coefficient (Wildman–Crippen LogP) is 4.68. The predicted molar refractivity (Wildman–Crippen MR) is 175 cm³/mol. The molecule has 4 N–H and O–H groups in total. The van der Waals surface area contributed by atoms with Crippen molar-refractivity contribution >= 4 is 35.1 Å². The summed E-state index contributed by atoms with van der Waals surface area (Å²) in [6.45, 7) is 1.91. The average Bonchev–Trinajstić information content (AvgIpc) is 3.78. The van der Waals surface area contributed by atoms with Gasteiger partial charge in [0.2, 0.25) is 0 Å². The first-order chi connectivity index (χ1) is 22.7. The van der Waals surface area contributed by atoms with Gasteiger partial charge in [-0.05, 0) is 61.7 Å². The minimum absolute atomic E-state index is 0.0329. The largest absolute Gasteiger partial charge is 0.507 e. The van der Waals surface area contributed by atoms with E-state index in [1.807, 2.05) is 30.3 Å². The number of phenolic OH excluding ortho intramolecular Hbond substituents is 1. The summed E-state index contributed by atoms with van der Waals surface area (Å²) in [5.74, 6) is 7.97. The lowest BCUT2D eigenvalue weighted by atomic mass is 9.70. The molecule has 2 aliphatic carbocycles. The summed E-state index contributed by atoms with van der Waals surface area (Å²) in [5.41, 5.74) is 0.0166. The Labute approximate surface area is 275 Å². The van der Waals surface area contributed by atoms with Gasteiger partial charge < -0.3 is 30.3 Å². The Morgan fingerprint density at radius 3 is 2.74 bits per heavy atom. The van der Waals surface area contributed by atoms with E-state index in [2.05, 4.69) is 28.4 Å². The first-order valence-electron chi connectivity index (χ1n) is 15.2. The quantitative estimate of drug-likeness (QED) is 0.0742. The molecule has 1 saturated heterocycles. The van der Waals surface area contributed by atoms with E-state index in [0.717, 1.165) is 4.90 Å². The minimum Gasteiger partial charge on any atom is -0.507 e. The number of hydrogen-bond acceptors (Lipinski definition) is 9. The Morgan fingerprint density at radius 2 is 1.98 bits per heavy atom. The summed E-state index contributed by atoms with van der Waals surface area (Å²) in [4.78, 5) is 41.4. The van der Waals surface area contributed by atoms with E-state index in [1.165, 1.54) is 6.07 Å². The highest BCUT2D eigenvalue weighted by Crippen LogP contribution is 2.68. The molecule has 4 atom stereocenters. The number of alkyl carbamates (subject to hydrolysis) is 1. The number of aliphatic hydroxyl groups excluding tert-OH is 1. The van der Waals surface area contributed by atoms with Crippen LogP contribution in [-0.4, -0.2) is 58.0 Å². The van der Waals surface area contributed by atoms with Crippen LogP contribution in [0.3, 0.4) is 0 Å². The highest BCUT2D eigenvalue weighted by atomic mass is 32.2. The second kappa shape index (κ2) is 11.7. The Kier molecular flexibility index (Phi) is 7.60. The highest BCUT2D eigenvalue weighted by molar-refractivity contribution is 7.99. The van der Waals surface area contributed by atoms with E-state index in [9.17, 15) is 24.6 Å². The van der Waals surface area contributed by atoms with E-state index in [1.54, 1.807) is 43.0 Å². The number of allylic oxidation sites excluding steroid dienone is 2. The van der Waals surface area contributed by atoms with E-state index in [-0.39, 0.29) is 41.2 Å². The van der Waals surface area contributed by atoms with Crippen molar-refractivity contribution in [2.24, 2.45) is 0 Å². The van der Waals surface area contributed by atoms with Gasteiger partial charge in [-0.1, -0.05) is 42.0 Å². The van der Waals surface area contributed by atoms with Crippen LogP contribution in [0.2, 0.25) is 0 Å². The van der Waals surface area contributed by atoms with E-state index in [4.69, 9.17) is 15.9 Å². The molecular formula is C37H30N2O7S. The van der Waals surface area contributed by atoms with Crippen LogP contribution in [-0.2, 0) is 21.6 Å². The lowest BCUT2D eigenvalue weighted by Gasteiger charge is -2.37. The van der Waals surface area contributed by atoms with Crippen molar-refractivity contribution in [3.63, 3.8) is 0 Å². The van der Waals surface area contributed by atoms with Gasteiger partial charge in [-0.15, -0.1) is 18.2 Å². The zero-order valence-corrected chi connectivity index (χ0v) is 26.2. The number of hydrogen-bond donors (Lipinski definition) is 4. The molecule has 10 heteroatoms. The van der Waals surface area contributed by atoms with Crippen molar-refractivity contribution in [2.45, 2.75) is 54.6 Å². The SMILES string of the molecule is C#C/C1=C/C#C[C@@H]2Nc3c(cc(O)c4c3C(=O)c3ccc(CNC(=O)OCCSc5ccccc5)cc3C4=O)[C@@]3(CC1)O[C@@]23[C@@H](C)O. The lowest BCUT2D eigenvalue weighted by Crippen LogP contribution is -2.51. The number of carbonyl (C=O) groups is 3. The van der Waals surface area contributed by atoms with Gasteiger partial charge in [0.1, 0.15) is 24.0 Å². The third-order valence-electron chi connectivity index (χ3n) is 9.21. The van der Waals surface area contributed by atoms with E-state index < -0.39 is 41.0 Å². The number of nitrogens with one attached hydrogen (secondary N) is 2. The molecule has 3 aromatic carbocycles. The normalized spacial score (nSPS) is 24.7. The van der Waals surface area contributed by atoms with Crippen LogP contribution in [0.1, 0.15) is 62.7 Å². The fourth-order valence-corrected chi connectivity index (χ4v) is 7.71. The van der Waals surface area contributed by atoms with E-state index >= 15 is 0 Å². The number of rotatable bonds is 7. The minimum atomic E-state index is -1.14. The van der Waals surface area contributed by atoms with Crippen molar-refractivity contribution in [1.82, 2.24) is 5.32 Å². The topological polar surface area (TPSA) is 137 Å². The second-order valence-corrected chi connectivity index (χ2v) is 13.0. The van der Waals surface area contributed by atoms with E-state index in [0.29, 0.717) is 41.0 Å². The van der Waals surface area contributed by atoms with Crippen LogP contribution in [0.5, 0.6) is 5.75 Å². The molecule has 0 radical (unpaired) electrons. The molecule has 1 fully saturated rings. The number of benzene rings is 3.